The molecule has 1 rings (SSSR count). The molecular weight excluding hydrogens is 310 g/mol. The van der Waals surface area contributed by atoms with Crippen molar-refractivity contribution < 1.29 is 18.3 Å². The molecule has 7 heteroatoms. The van der Waals surface area contributed by atoms with Crippen LogP contribution in [0.3, 0.4) is 0 Å². The number of sulfonamides is 1. The number of benzene rings is 1. The van der Waals surface area contributed by atoms with E-state index in [0.29, 0.717) is 10.0 Å². The van der Waals surface area contributed by atoms with Crippen LogP contribution in [0.25, 0.3) is 0 Å². The van der Waals surface area contributed by atoms with Gasteiger partial charge in [-0.25, -0.2) is 17.9 Å². The summed E-state index contributed by atoms with van der Waals surface area (Å²) in [5.41, 5.74) is 0.503. The summed E-state index contributed by atoms with van der Waals surface area (Å²) in [5.74, 6) is -1.16. The molecule has 5 nitrogen and oxygen atoms in total. The Morgan fingerprint density at radius 1 is 1.47 bits per heavy atom. The first-order valence-corrected chi connectivity index (χ1v) is 7.10. The zero-order chi connectivity index (χ0) is 13.2. The van der Waals surface area contributed by atoms with Crippen LogP contribution in [0.15, 0.2) is 21.5 Å². The molecule has 0 radical (unpaired) electrons. The van der Waals surface area contributed by atoms with Gasteiger partial charge in [-0.3, -0.25) is 0 Å². The maximum atomic E-state index is 11.8. The highest BCUT2D eigenvalue weighted by Gasteiger charge is 2.20. The minimum absolute atomic E-state index is 0.0535. The molecule has 0 aliphatic rings. The SMILES string of the molecule is CCNS(=O)(=O)c1cc(C(=O)O)cc(C)c1Br. The van der Waals surface area contributed by atoms with E-state index in [1.807, 2.05) is 0 Å². The third kappa shape index (κ3) is 3.05. The van der Waals surface area contributed by atoms with E-state index < -0.39 is 16.0 Å². The van der Waals surface area contributed by atoms with Crippen molar-refractivity contribution in [2.45, 2.75) is 18.7 Å². The first-order chi connectivity index (χ1) is 7.79. The maximum Gasteiger partial charge on any atom is 0.335 e. The van der Waals surface area contributed by atoms with E-state index in [0.717, 1.165) is 6.07 Å². The largest absolute Gasteiger partial charge is 0.478 e. The van der Waals surface area contributed by atoms with Crippen molar-refractivity contribution in [3.63, 3.8) is 0 Å². The Kier molecular flexibility index (Phi) is 4.29. The van der Waals surface area contributed by atoms with Crippen LogP contribution in [-0.4, -0.2) is 26.0 Å². The van der Waals surface area contributed by atoms with Gasteiger partial charge in [0.15, 0.2) is 0 Å². The quantitative estimate of drug-likeness (QED) is 0.885. The molecule has 0 aliphatic carbocycles. The molecule has 2 N–H and O–H groups in total. The van der Waals surface area contributed by atoms with Crippen LogP contribution in [0.5, 0.6) is 0 Å². The van der Waals surface area contributed by atoms with Gasteiger partial charge in [0.05, 0.1) is 10.5 Å². The lowest BCUT2D eigenvalue weighted by Crippen LogP contribution is -2.24. The van der Waals surface area contributed by atoms with E-state index in [4.69, 9.17) is 5.11 Å². The molecule has 1 aromatic carbocycles. The Morgan fingerprint density at radius 3 is 2.53 bits per heavy atom. The van der Waals surface area contributed by atoms with Crippen molar-refractivity contribution in [3.05, 3.63) is 27.7 Å². The Bertz CT molecular complexity index is 554. The zero-order valence-corrected chi connectivity index (χ0v) is 11.7. The van der Waals surface area contributed by atoms with Crippen LogP contribution in [-0.2, 0) is 10.0 Å². The number of carbonyl (C=O) groups is 1. The lowest BCUT2D eigenvalue weighted by Gasteiger charge is -2.10. The fourth-order valence-corrected chi connectivity index (χ4v) is 3.41. The molecule has 0 heterocycles. The van der Waals surface area contributed by atoms with E-state index in [-0.39, 0.29) is 17.0 Å². The lowest BCUT2D eigenvalue weighted by molar-refractivity contribution is 0.0696. The van der Waals surface area contributed by atoms with Crippen molar-refractivity contribution in [2.24, 2.45) is 0 Å². The number of aromatic carboxylic acids is 1. The van der Waals surface area contributed by atoms with Crippen LogP contribution in [0, 0.1) is 6.92 Å². The number of hydrogen-bond acceptors (Lipinski definition) is 3. The van der Waals surface area contributed by atoms with Crippen LogP contribution < -0.4 is 4.72 Å². The average Bonchev–Trinajstić information content (AvgIpc) is 2.21. The van der Waals surface area contributed by atoms with Crippen molar-refractivity contribution in [3.8, 4) is 0 Å². The fraction of sp³-hybridized carbons (Fsp3) is 0.300. The number of aryl methyl sites for hydroxylation is 1. The van der Waals surface area contributed by atoms with E-state index in [2.05, 4.69) is 20.7 Å². The topological polar surface area (TPSA) is 83.5 Å². The van der Waals surface area contributed by atoms with E-state index in [1.54, 1.807) is 13.8 Å². The van der Waals surface area contributed by atoms with Gasteiger partial charge < -0.3 is 5.11 Å². The molecule has 0 saturated heterocycles. The van der Waals surface area contributed by atoms with Gasteiger partial charge >= 0.3 is 5.97 Å². The van der Waals surface area contributed by atoms with Crippen molar-refractivity contribution in [1.29, 1.82) is 0 Å². The molecular formula is C10H12BrNO4S. The summed E-state index contributed by atoms with van der Waals surface area (Å²) in [6.45, 7) is 3.53. The second kappa shape index (κ2) is 5.16. The summed E-state index contributed by atoms with van der Waals surface area (Å²) < 4.78 is 26.4. The second-order valence-electron chi connectivity index (χ2n) is 3.41. The predicted octanol–water partition coefficient (Wildman–Crippen LogP) is 1.75. The Hall–Kier alpha value is -0.920. The van der Waals surface area contributed by atoms with Gasteiger partial charge in [-0.2, -0.15) is 0 Å². The van der Waals surface area contributed by atoms with Crippen LogP contribution in [0.1, 0.15) is 22.8 Å². The molecule has 94 valence electrons. The number of hydrogen-bond donors (Lipinski definition) is 2. The second-order valence-corrected chi connectivity index (χ2v) is 5.94. The van der Waals surface area contributed by atoms with Crippen molar-refractivity contribution >= 4 is 31.9 Å². The number of rotatable bonds is 4. The third-order valence-corrected chi connectivity index (χ3v) is 4.98. The fourth-order valence-electron chi connectivity index (χ4n) is 1.32. The monoisotopic (exact) mass is 321 g/mol. The highest BCUT2D eigenvalue weighted by molar-refractivity contribution is 9.10. The third-order valence-electron chi connectivity index (χ3n) is 2.09. The van der Waals surface area contributed by atoms with E-state index >= 15 is 0 Å². The van der Waals surface area contributed by atoms with Gasteiger partial charge in [-0.15, -0.1) is 0 Å². The molecule has 0 unspecified atom stereocenters. The smallest absolute Gasteiger partial charge is 0.335 e. The summed E-state index contributed by atoms with van der Waals surface area (Å²) in [7, 11) is -3.68. The Balaban J connectivity index is 3.48. The average molecular weight is 322 g/mol. The number of halogens is 1. The molecule has 0 aromatic heterocycles. The summed E-state index contributed by atoms with van der Waals surface area (Å²) in [6.07, 6.45) is 0. The standard InChI is InChI=1S/C10H12BrNO4S/c1-3-12-17(15,16)8-5-7(10(13)14)4-6(2)9(8)11/h4-5,12H,3H2,1-2H3,(H,13,14). The van der Waals surface area contributed by atoms with Crippen LogP contribution in [0.4, 0.5) is 0 Å². The van der Waals surface area contributed by atoms with Gasteiger partial charge in [0.25, 0.3) is 0 Å². The summed E-state index contributed by atoms with van der Waals surface area (Å²) in [5, 5.41) is 8.89. The van der Waals surface area contributed by atoms with Gasteiger partial charge in [0, 0.05) is 11.0 Å². The summed E-state index contributed by atoms with van der Waals surface area (Å²) in [6, 6.07) is 2.55. The zero-order valence-electron chi connectivity index (χ0n) is 9.32. The minimum atomic E-state index is -3.68. The van der Waals surface area contributed by atoms with Crippen LogP contribution in [0.2, 0.25) is 0 Å². The molecule has 17 heavy (non-hydrogen) atoms. The molecule has 0 aliphatic heterocycles. The van der Waals surface area contributed by atoms with Gasteiger partial charge in [0.1, 0.15) is 0 Å². The molecule has 0 bridgehead atoms. The minimum Gasteiger partial charge on any atom is -0.478 e. The van der Waals surface area contributed by atoms with Gasteiger partial charge in [-0.1, -0.05) is 6.92 Å². The van der Waals surface area contributed by atoms with E-state index in [9.17, 15) is 13.2 Å². The Morgan fingerprint density at radius 2 is 2.06 bits per heavy atom. The van der Waals surface area contributed by atoms with Crippen molar-refractivity contribution in [2.75, 3.05) is 6.54 Å². The predicted molar refractivity (Wildman–Crippen MR) is 66.7 cm³/mol. The first kappa shape index (κ1) is 14.1. The normalized spacial score (nSPS) is 11.5. The highest BCUT2D eigenvalue weighted by atomic mass is 79.9. The Labute approximate surface area is 108 Å². The maximum absolute atomic E-state index is 11.8. The number of carboxylic acid groups (broad SMARTS) is 1. The van der Waals surface area contributed by atoms with Gasteiger partial charge in [-0.05, 0) is 40.5 Å². The van der Waals surface area contributed by atoms with Crippen molar-refractivity contribution in [1.82, 2.24) is 4.72 Å². The highest BCUT2D eigenvalue weighted by Crippen LogP contribution is 2.27. The molecule has 0 amide bonds. The molecule has 0 spiro atoms. The van der Waals surface area contributed by atoms with Crippen LogP contribution >= 0.6 is 15.9 Å². The summed E-state index contributed by atoms with van der Waals surface area (Å²) in [4.78, 5) is 10.8. The lowest BCUT2D eigenvalue weighted by atomic mass is 10.1. The molecule has 1 aromatic rings. The van der Waals surface area contributed by atoms with E-state index in [1.165, 1.54) is 6.07 Å². The molecule has 0 fully saturated rings. The molecule has 0 saturated carbocycles. The first-order valence-electron chi connectivity index (χ1n) is 4.82. The summed E-state index contributed by atoms with van der Waals surface area (Å²) >= 11 is 3.16. The number of nitrogens with one attached hydrogen (secondary N) is 1. The van der Waals surface area contributed by atoms with Gasteiger partial charge in [0.2, 0.25) is 10.0 Å². The number of carboxylic acids is 1. The molecule has 0 atom stereocenters.